The van der Waals surface area contributed by atoms with Gasteiger partial charge >= 0.3 is 5.97 Å². The van der Waals surface area contributed by atoms with Gasteiger partial charge in [-0.1, -0.05) is 32.9 Å². The van der Waals surface area contributed by atoms with Crippen molar-refractivity contribution in [2.75, 3.05) is 13.7 Å². The van der Waals surface area contributed by atoms with Gasteiger partial charge in [0, 0.05) is 24.4 Å². The lowest BCUT2D eigenvalue weighted by atomic mass is 9.54. The van der Waals surface area contributed by atoms with E-state index in [1.807, 2.05) is 45.0 Å². The van der Waals surface area contributed by atoms with Crippen LogP contribution in [0.5, 0.6) is 5.75 Å². The molecule has 3 atom stereocenters. The number of carboxylic acid groups (broad SMARTS) is 1. The highest BCUT2D eigenvalue weighted by molar-refractivity contribution is 5.90. The summed E-state index contributed by atoms with van der Waals surface area (Å²) in [6.07, 6.45) is 0.631. The molecule has 6 nitrogen and oxygen atoms in total. The predicted octanol–water partition coefficient (Wildman–Crippen LogP) is 2.65. The summed E-state index contributed by atoms with van der Waals surface area (Å²) in [4.78, 5) is 24.7. The molecule has 2 rings (SSSR count). The molecule has 0 aliphatic heterocycles. The zero-order valence-electron chi connectivity index (χ0n) is 16.2. The Bertz CT molecular complexity index is 655. The van der Waals surface area contributed by atoms with Gasteiger partial charge in [0.25, 0.3) is 0 Å². The minimum atomic E-state index is -1.29. The largest absolute Gasteiger partial charge is 0.497 e. The molecule has 1 amide bonds. The van der Waals surface area contributed by atoms with E-state index in [9.17, 15) is 14.7 Å². The van der Waals surface area contributed by atoms with Gasteiger partial charge in [0.2, 0.25) is 5.91 Å². The summed E-state index contributed by atoms with van der Waals surface area (Å²) in [5.74, 6) is -0.856. The number of methoxy groups -OCH3 is 1. The summed E-state index contributed by atoms with van der Waals surface area (Å²) in [5.41, 5.74) is -0.972. The van der Waals surface area contributed by atoms with Crippen molar-refractivity contribution in [1.82, 2.24) is 5.32 Å². The standard InChI is InChI=1S/C20H29NO5/c1-6-26-16-12-20(18(23)24,19(16,3)4)21-17(22)13(2)11-14-7-9-15(25-5)10-8-14/h7-10,13,16H,6,11-12H2,1-5H3,(H,21,22)(H,23,24). The highest BCUT2D eigenvalue weighted by Crippen LogP contribution is 2.51. The van der Waals surface area contributed by atoms with Gasteiger partial charge in [-0.15, -0.1) is 0 Å². The molecule has 0 spiro atoms. The molecule has 1 fully saturated rings. The molecule has 2 N–H and O–H groups in total. The smallest absolute Gasteiger partial charge is 0.330 e. The van der Waals surface area contributed by atoms with Crippen LogP contribution in [-0.2, 0) is 20.7 Å². The van der Waals surface area contributed by atoms with E-state index in [-0.39, 0.29) is 24.3 Å². The van der Waals surface area contributed by atoms with Crippen LogP contribution in [0.2, 0.25) is 0 Å². The van der Waals surface area contributed by atoms with Gasteiger partial charge in [0.1, 0.15) is 11.3 Å². The first-order chi connectivity index (χ1) is 12.2. The average molecular weight is 363 g/mol. The second kappa shape index (κ2) is 7.66. The number of ether oxygens (including phenoxy) is 2. The Balaban J connectivity index is 2.07. The van der Waals surface area contributed by atoms with E-state index in [1.54, 1.807) is 14.0 Å². The van der Waals surface area contributed by atoms with Crippen molar-refractivity contribution < 1.29 is 24.2 Å². The molecule has 144 valence electrons. The molecule has 0 aromatic heterocycles. The van der Waals surface area contributed by atoms with Crippen LogP contribution in [0.3, 0.4) is 0 Å². The van der Waals surface area contributed by atoms with Crippen LogP contribution in [0.25, 0.3) is 0 Å². The van der Waals surface area contributed by atoms with E-state index in [0.29, 0.717) is 13.0 Å². The number of aliphatic carboxylic acids is 1. The Kier molecular flexibility index (Phi) is 5.96. The second-order valence-electron chi connectivity index (χ2n) is 7.52. The van der Waals surface area contributed by atoms with Crippen molar-refractivity contribution in [3.05, 3.63) is 29.8 Å². The zero-order valence-corrected chi connectivity index (χ0v) is 16.2. The van der Waals surface area contributed by atoms with E-state index < -0.39 is 16.9 Å². The fraction of sp³-hybridized carbons (Fsp3) is 0.600. The van der Waals surface area contributed by atoms with Gasteiger partial charge in [-0.25, -0.2) is 4.79 Å². The predicted molar refractivity (Wildman–Crippen MR) is 98.2 cm³/mol. The van der Waals surface area contributed by atoms with E-state index in [1.165, 1.54) is 0 Å². The molecule has 0 bridgehead atoms. The van der Waals surface area contributed by atoms with Gasteiger partial charge in [-0.05, 0) is 31.0 Å². The molecule has 0 heterocycles. The highest BCUT2D eigenvalue weighted by Gasteiger charge is 2.66. The topological polar surface area (TPSA) is 84.9 Å². The molecular weight excluding hydrogens is 334 g/mol. The van der Waals surface area contributed by atoms with E-state index >= 15 is 0 Å². The van der Waals surface area contributed by atoms with Gasteiger partial charge in [-0.3, -0.25) is 4.79 Å². The first-order valence-electron chi connectivity index (χ1n) is 8.98. The van der Waals surface area contributed by atoms with Gasteiger partial charge in [0.05, 0.1) is 13.2 Å². The third-order valence-electron chi connectivity index (χ3n) is 5.61. The lowest BCUT2D eigenvalue weighted by Gasteiger charge is -2.58. The number of carbonyl (C=O) groups is 2. The zero-order chi connectivity index (χ0) is 19.5. The number of amides is 1. The van der Waals surface area contributed by atoms with Crippen LogP contribution in [0.1, 0.15) is 39.7 Å². The van der Waals surface area contributed by atoms with Crippen molar-refractivity contribution in [3.63, 3.8) is 0 Å². The first-order valence-corrected chi connectivity index (χ1v) is 8.98. The molecule has 6 heteroatoms. The lowest BCUT2D eigenvalue weighted by Crippen LogP contribution is -2.76. The molecule has 0 radical (unpaired) electrons. The monoisotopic (exact) mass is 363 g/mol. The number of rotatable bonds is 8. The Morgan fingerprint density at radius 3 is 2.38 bits per heavy atom. The third kappa shape index (κ3) is 3.56. The molecule has 0 saturated heterocycles. The van der Waals surface area contributed by atoms with Crippen LogP contribution in [0, 0.1) is 11.3 Å². The summed E-state index contributed by atoms with van der Waals surface area (Å²) in [7, 11) is 1.60. The normalized spacial score (nSPS) is 25.0. The van der Waals surface area contributed by atoms with Crippen molar-refractivity contribution >= 4 is 11.9 Å². The summed E-state index contributed by atoms with van der Waals surface area (Å²) < 4.78 is 10.8. The van der Waals surface area contributed by atoms with Crippen LogP contribution in [0.4, 0.5) is 0 Å². The molecule has 1 aromatic carbocycles. The summed E-state index contributed by atoms with van der Waals surface area (Å²) in [6, 6.07) is 7.52. The van der Waals surface area contributed by atoms with Crippen molar-refractivity contribution in [2.24, 2.45) is 11.3 Å². The fourth-order valence-electron chi connectivity index (χ4n) is 3.58. The Morgan fingerprint density at radius 1 is 1.31 bits per heavy atom. The molecule has 1 aromatic rings. The summed E-state index contributed by atoms with van der Waals surface area (Å²) in [5, 5.41) is 12.6. The lowest BCUT2D eigenvalue weighted by molar-refractivity contribution is -0.195. The second-order valence-corrected chi connectivity index (χ2v) is 7.52. The minimum Gasteiger partial charge on any atom is -0.497 e. The van der Waals surface area contributed by atoms with Crippen LogP contribution < -0.4 is 10.1 Å². The quantitative estimate of drug-likeness (QED) is 0.742. The van der Waals surface area contributed by atoms with E-state index in [4.69, 9.17) is 9.47 Å². The van der Waals surface area contributed by atoms with Gasteiger partial charge in [0.15, 0.2) is 0 Å². The number of carbonyl (C=O) groups excluding carboxylic acids is 1. The Hall–Kier alpha value is -2.08. The molecule has 1 aliphatic carbocycles. The SMILES string of the molecule is CCOC1CC(NC(=O)C(C)Cc2ccc(OC)cc2)(C(=O)O)C1(C)C. The van der Waals surface area contributed by atoms with Crippen molar-refractivity contribution in [2.45, 2.75) is 52.2 Å². The summed E-state index contributed by atoms with van der Waals surface area (Å²) in [6.45, 7) is 7.87. The highest BCUT2D eigenvalue weighted by atomic mass is 16.5. The van der Waals surface area contributed by atoms with E-state index in [0.717, 1.165) is 11.3 Å². The average Bonchev–Trinajstić information content (AvgIpc) is 2.60. The minimum absolute atomic E-state index is 0.180. The Morgan fingerprint density at radius 2 is 1.92 bits per heavy atom. The van der Waals surface area contributed by atoms with Crippen LogP contribution in [-0.4, -0.2) is 42.3 Å². The van der Waals surface area contributed by atoms with Crippen molar-refractivity contribution in [3.8, 4) is 5.75 Å². The maximum atomic E-state index is 12.7. The van der Waals surface area contributed by atoms with Gasteiger partial charge in [-0.2, -0.15) is 0 Å². The number of carboxylic acids is 1. The number of benzene rings is 1. The molecule has 26 heavy (non-hydrogen) atoms. The number of hydrogen-bond donors (Lipinski definition) is 2. The number of hydrogen-bond acceptors (Lipinski definition) is 4. The van der Waals surface area contributed by atoms with Crippen LogP contribution >= 0.6 is 0 Å². The molecule has 3 unspecified atom stereocenters. The Labute approximate surface area is 154 Å². The first kappa shape index (κ1) is 20.2. The molecule has 1 aliphatic rings. The van der Waals surface area contributed by atoms with E-state index in [2.05, 4.69) is 5.32 Å². The van der Waals surface area contributed by atoms with Gasteiger partial charge < -0.3 is 19.9 Å². The maximum Gasteiger partial charge on any atom is 0.330 e. The maximum absolute atomic E-state index is 12.7. The summed E-state index contributed by atoms with van der Waals surface area (Å²) >= 11 is 0. The third-order valence-corrected chi connectivity index (χ3v) is 5.61. The fourth-order valence-corrected chi connectivity index (χ4v) is 3.58. The number of nitrogens with one attached hydrogen (secondary N) is 1. The van der Waals surface area contributed by atoms with Crippen LogP contribution in [0.15, 0.2) is 24.3 Å². The molecular formula is C20H29NO5. The molecule has 1 saturated carbocycles. The van der Waals surface area contributed by atoms with Crippen molar-refractivity contribution in [1.29, 1.82) is 0 Å².